The molecule has 0 saturated heterocycles. The van der Waals surface area contributed by atoms with Gasteiger partial charge in [0.15, 0.2) is 5.78 Å². The molecule has 106 valence electrons. The number of rotatable bonds is 0. The maximum absolute atomic E-state index is 11.6. The minimum Gasteiger partial charge on any atom is -0.392 e. The van der Waals surface area contributed by atoms with Crippen molar-refractivity contribution in [1.82, 2.24) is 0 Å². The number of ketones is 1. The van der Waals surface area contributed by atoms with Gasteiger partial charge in [0, 0.05) is 12.3 Å². The first-order valence-corrected chi connectivity index (χ1v) is 7.93. The number of carbonyl (C=O) groups excluding carboxylic acids is 1. The van der Waals surface area contributed by atoms with Crippen molar-refractivity contribution in [1.29, 1.82) is 0 Å². The Morgan fingerprint density at radius 2 is 2.20 bits per heavy atom. The Kier molecular flexibility index (Phi) is 2.62. The van der Waals surface area contributed by atoms with Crippen molar-refractivity contribution in [3.05, 3.63) is 34.9 Å². The van der Waals surface area contributed by atoms with Gasteiger partial charge in [0.2, 0.25) is 0 Å². The Morgan fingerprint density at radius 3 is 3.05 bits per heavy atom. The van der Waals surface area contributed by atoms with Gasteiger partial charge in [-0.1, -0.05) is 25.5 Å². The van der Waals surface area contributed by atoms with Crippen LogP contribution in [0.25, 0.3) is 0 Å². The van der Waals surface area contributed by atoms with Gasteiger partial charge in [-0.3, -0.25) is 4.79 Å². The fourth-order valence-electron chi connectivity index (χ4n) is 5.03. The molecule has 2 heteroatoms. The van der Waals surface area contributed by atoms with E-state index in [9.17, 15) is 9.90 Å². The van der Waals surface area contributed by atoms with Crippen molar-refractivity contribution >= 4 is 5.78 Å². The molecule has 0 aromatic carbocycles. The lowest BCUT2D eigenvalue weighted by Gasteiger charge is -2.45. The monoisotopic (exact) mass is 270 g/mol. The van der Waals surface area contributed by atoms with Crippen LogP contribution in [-0.4, -0.2) is 17.0 Å². The van der Waals surface area contributed by atoms with E-state index in [1.165, 1.54) is 30.4 Å². The molecule has 2 nitrogen and oxygen atoms in total. The van der Waals surface area contributed by atoms with Crippen LogP contribution in [0.1, 0.15) is 45.4 Å². The molecule has 4 atom stereocenters. The predicted molar refractivity (Wildman–Crippen MR) is 78.1 cm³/mol. The molecular formula is C18H22O2. The Bertz CT molecular complexity index is 566. The topological polar surface area (TPSA) is 37.3 Å². The zero-order chi connectivity index (χ0) is 13.9. The summed E-state index contributed by atoms with van der Waals surface area (Å²) in [5.41, 5.74) is 4.09. The van der Waals surface area contributed by atoms with E-state index in [0.29, 0.717) is 24.7 Å². The molecule has 0 bridgehead atoms. The molecule has 4 aliphatic rings. The highest BCUT2D eigenvalue weighted by atomic mass is 16.3. The summed E-state index contributed by atoms with van der Waals surface area (Å²) in [4.78, 5) is 11.6. The van der Waals surface area contributed by atoms with Crippen molar-refractivity contribution in [2.24, 2.45) is 17.3 Å². The highest BCUT2D eigenvalue weighted by Gasteiger charge is 2.49. The zero-order valence-corrected chi connectivity index (χ0v) is 12.1. The summed E-state index contributed by atoms with van der Waals surface area (Å²) in [5, 5.41) is 10.7. The number of hydrogen-bond donors (Lipinski definition) is 1. The zero-order valence-electron chi connectivity index (χ0n) is 12.1. The largest absolute Gasteiger partial charge is 0.392 e. The fraction of sp³-hybridized carbons (Fsp3) is 0.611. The molecule has 0 spiro atoms. The normalized spacial score (nSPS) is 43.0. The van der Waals surface area contributed by atoms with Crippen LogP contribution in [0.2, 0.25) is 0 Å². The second-order valence-electron chi connectivity index (χ2n) is 7.20. The lowest BCUT2D eigenvalue weighted by Crippen LogP contribution is -2.41. The van der Waals surface area contributed by atoms with Crippen LogP contribution in [0.15, 0.2) is 34.9 Å². The Morgan fingerprint density at radius 1 is 1.35 bits per heavy atom. The van der Waals surface area contributed by atoms with Gasteiger partial charge in [-0.25, -0.2) is 0 Å². The summed E-state index contributed by atoms with van der Waals surface area (Å²) in [6.45, 7) is 2.35. The highest BCUT2D eigenvalue weighted by molar-refractivity contribution is 5.93. The molecule has 1 fully saturated rings. The van der Waals surface area contributed by atoms with Gasteiger partial charge in [0.05, 0.1) is 6.10 Å². The van der Waals surface area contributed by atoms with Crippen molar-refractivity contribution in [2.75, 3.05) is 0 Å². The Labute approximate surface area is 120 Å². The molecule has 20 heavy (non-hydrogen) atoms. The first-order valence-electron chi connectivity index (χ1n) is 7.93. The van der Waals surface area contributed by atoms with E-state index in [1.807, 2.05) is 0 Å². The summed E-state index contributed by atoms with van der Waals surface area (Å²) in [6, 6.07) is 0. The van der Waals surface area contributed by atoms with Crippen LogP contribution in [0.4, 0.5) is 0 Å². The van der Waals surface area contributed by atoms with E-state index in [1.54, 1.807) is 6.08 Å². The summed E-state index contributed by atoms with van der Waals surface area (Å²) in [6.07, 6.45) is 12.1. The van der Waals surface area contributed by atoms with Crippen LogP contribution >= 0.6 is 0 Å². The smallest absolute Gasteiger partial charge is 0.156 e. The van der Waals surface area contributed by atoms with Crippen molar-refractivity contribution < 1.29 is 9.90 Å². The van der Waals surface area contributed by atoms with Crippen LogP contribution in [0.5, 0.6) is 0 Å². The maximum Gasteiger partial charge on any atom is 0.156 e. The molecule has 0 amide bonds. The average molecular weight is 270 g/mol. The molecule has 1 saturated carbocycles. The van der Waals surface area contributed by atoms with Gasteiger partial charge in [-0.15, -0.1) is 0 Å². The third-order valence-corrected chi connectivity index (χ3v) is 6.05. The van der Waals surface area contributed by atoms with Gasteiger partial charge in [0.1, 0.15) is 0 Å². The Hall–Kier alpha value is -1.15. The van der Waals surface area contributed by atoms with E-state index in [-0.39, 0.29) is 17.3 Å². The first kappa shape index (κ1) is 12.6. The van der Waals surface area contributed by atoms with E-state index in [0.717, 1.165) is 12.0 Å². The molecule has 4 rings (SSSR count). The lowest BCUT2D eigenvalue weighted by atomic mass is 9.60. The molecule has 0 aliphatic heterocycles. The highest BCUT2D eigenvalue weighted by Crippen LogP contribution is 2.57. The molecule has 1 N–H and O–H groups in total. The molecule has 0 heterocycles. The van der Waals surface area contributed by atoms with Gasteiger partial charge in [-0.05, 0) is 59.8 Å². The van der Waals surface area contributed by atoms with Crippen LogP contribution in [-0.2, 0) is 4.79 Å². The lowest BCUT2D eigenvalue weighted by molar-refractivity contribution is -0.114. The molecule has 0 unspecified atom stereocenters. The van der Waals surface area contributed by atoms with Crippen molar-refractivity contribution in [2.45, 2.75) is 51.6 Å². The third kappa shape index (κ3) is 1.64. The van der Waals surface area contributed by atoms with E-state index in [2.05, 4.69) is 19.1 Å². The number of carbonyl (C=O) groups is 1. The van der Waals surface area contributed by atoms with E-state index in [4.69, 9.17) is 0 Å². The molecule has 0 aromatic heterocycles. The number of fused-ring (bicyclic) bond motifs is 4. The number of aliphatic hydroxyl groups is 1. The second kappa shape index (κ2) is 4.17. The second-order valence-corrected chi connectivity index (χ2v) is 7.20. The molecule has 0 radical (unpaired) electrons. The SMILES string of the molecule is C[C@]12C=CC3=C4CCC(=O)C=C4C[C@H](O)[C@H]3[C@@H]1CCC2. The first-order chi connectivity index (χ1) is 9.58. The van der Waals surface area contributed by atoms with Crippen LogP contribution in [0.3, 0.4) is 0 Å². The number of hydrogen-bond acceptors (Lipinski definition) is 2. The summed E-state index contributed by atoms with van der Waals surface area (Å²) < 4.78 is 0. The molecule has 4 aliphatic carbocycles. The standard InChI is InChI=1S/C18H22O2/c1-18-7-2-3-15(18)17-14(6-8-18)13-5-4-12(19)9-11(13)10-16(17)20/h6,8-9,15-17,20H,2-5,7,10H2,1H3/t15-,16-,17+,18-/m0/s1. The Balaban J connectivity index is 1.86. The third-order valence-electron chi connectivity index (χ3n) is 6.05. The van der Waals surface area contributed by atoms with Gasteiger partial charge in [-0.2, -0.15) is 0 Å². The van der Waals surface area contributed by atoms with Crippen molar-refractivity contribution in [3.63, 3.8) is 0 Å². The van der Waals surface area contributed by atoms with E-state index < -0.39 is 0 Å². The molecular weight excluding hydrogens is 248 g/mol. The van der Waals surface area contributed by atoms with E-state index >= 15 is 0 Å². The van der Waals surface area contributed by atoms with Gasteiger partial charge < -0.3 is 5.11 Å². The minimum atomic E-state index is -0.307. The summed E-state index contributed by atoms with van der Waals surface area (Å²) in [5.74, 6) is 1.11. The number of aliphatic hydroxyl groups excluding tert-OH is 1. The maximum atomic E-state index is 11.6. The predicted octanol–water partition coefficient (Wildman–Crippen LogP) is 3.33. The minimum absolute atomic E-state index is 0.223. The number of allylic oxidation sites excluding steroid dienone is 4. The summed E-state index contributed by atoms with van der Waals surface area (Å²) >= 11 is 0. The average Bonchev–Trinajstić information content (AvgIpc) is 2.79. The van der Waals surface area contributed by atoms with Gasteiger partial charge >= 0.3 is 0 Å². The van der Waals surface area contributed by atoms with Crippen LogP contribution < -0.4 is 0 Å². The van der Waals surface area contributed by atoms with Crippen molar-refractivity contribution in [3.8, 4) is 0 Å². The summed E-state index contributed by atoms with van der Waals surface area (Å²) in [7, 11) is 0. The quantitative estimate of drug-likeness (QED) is 0.733. The van der Waals surface area contributed by atoms with Crippen LogP contribution in [0, 0.1) is 17.3 Å². The molecule has 0 aromatic rings. The fourth-order valence-corrected chi connectivity index (χ4v) is 5.03. The van der Waals surface area contributed by atoms with Gasteiger partial charge in [0.25, 0.3) is 0 Å².